The molecule has 0 aromatic heterocycles. The van der Waals surface area contributed by atoms with Gasteiger partial charge < -0.3 is 23.7 Å². The van der Waals surface area contributed by atoms with Crippen LogP contribution in [0.25, 0.3) is 0 Å². The zero-order valence-corrected chi connectivity index (χ0v) is 16.2. The predicted molar refractivity (Wildman–Crippen MR) is 106 cm³/mol. The summed E-state index contributed by atoms with van der Waals surface area (Å²) in [6.07, 6.45) is 1.86. The molecule has 0 spiro atoms. The monoisotopic (exact) mass is 396 g/mol. The molecule has 0 amide bonds. The van der Waals surface area contributed by atoms with Crippen molar-refractivity contribution in [2.24, 2.45) is 0 Å². The van der Waals surface area contributed by atoms with E-state index in [4.69, 9.17) is 18.9 Å². The molecule has 0 bridgehead atoms. The summed E-state index contributed by atoms with van der Waals surface area (Å²) in [5.41, 5.74) is 2.40. The summed E-state index contributed by atoms with van der Waals surface area (Å²) in [4.78, 5) is 15.9. The molecule has 1 atom stereocenters. The lowest BCUT2D eigenvalue weighted by Crippen LogP contribution is -2.54. The van der Waals surface area contributed by atoms with Crippen molar-refractivity contribution in [1.82, 2.24) is 9.80 Å². The Labute approximate surface area is 169 Å². The first kappa shape index (κ1) is 18.3. The van der Waals surface area contributed by atoms with Crippen molar-refractivity contribution >= 4 is 6.29 Å². The number of hydrogen-bond acceptors (Lipinski definition) is 7. The summed E-state index contributed by atoms with van der Waals surface area (Å²) in [6, 6.07) is 12.5. The third-order valence-electron chi connectivity index (χ3n) is 5.75. The Morgan fingerprint density at radius 2 is 1.52 bits per heavy atom. The Kier molecular flexibility index (Phi) is 4.99. The van der Waals surface area contributed by atoms with Crippen LogP contribution in [0.4, 0.5) is 0 Å². The van der Waals surface area contributed by atoms with E-state index in [-0.39, 0.29) is 12.8 Å². The van der Waals surface area contributed by atoms with Crippen LogP contribution in [-0.2, 0) is 17.8 Å². The molecule has 152 valence electrons. The van der Waals surface area contributed by atoms with E-state index >= 15 is 0 Å². The molecule has 0 N–H and O–H groups in total. The molecule has 0 saturated carbocycles. The van der Waals surface area contributed by atoms with Crippen LogP contribution in [0.2, 0.25) is 0 Å². The van der Waals surface area contributed by atoms with Gasteiger partial charge in [-0.15, -0.1) is 0 Å². The zero-order chi connectivity index (χ0) is 19.6. The Morgan fingerprint density at radius 1 is 0.862 bits per heavy atom. The fourth-order valence-electron chi connectivity index (χ4n) is 4.27. The zero-order valence-electron chi connectivity index (χ0n) is 16.2. The lowest BCUT2D eigenvalue weighted by molar-refractivity contribution is -0.110. The minimum absolute atomic E-state index is 0.267. The molecule has 1 unspecified atom stereocenters. The molecule has 2 aromatic rings. The van der Waals surface area contributed by atoms with Gasteiger partial charge in [-0.25, -0.2) is 0 Å². The van der Waals surface area contributed by atoms with Gasteiger partial charge in [-0.2, -0.15) is 0 Å². The summed E-state index contributed by atoms with van der Waals surface area (Å²) in [7, 11) is 0. The van der Waals surface area contributed by atoms with Crippen molar-refractivity contribution in [3.63, 3.8) is 0 Å². The standard InChI is InChI=1S/C22H24N2O5/c25-8-7-24-6-5-23(12-17-2-4-20-22(11-17)29-15-27-20)13-18(24)9-16-1-3-19-21(10-16)28-14-26-19/h1-4,8,10-11,18H,5-7,9,12-15H2. The van der Waals surface area contributed by atoms with Crippen LogP contribution in [0.3, 0.4) is 0 Å². The minimum Gasteiger partial charge on any atom is -0.454 e. The molecule has 3 heterocycles. The third-order valence-corrected chi connectivity index (χ3v) is 5.75. The Hall–Kier alpha value is -2.77. The van der Waals surface area contributed by atoms with Crippen LogP contribution < -0.4 is 18.9 Å². The second kappa shape index (κ2) is 7.93. The summed E-state index contributed by atoms with van der Waals surface area (Å²) < 4.78 is 21.8. The maximum absolute atomic E-state index is 11.2. The number of aldehydes is 1. The van der Waals surface area contributed by atoms with Gasteiger partial charge in [0.1, 0.15) is 6.29 Å². The Bertz CT molecular complexity index is 903. The van der Waals surface area contributed by atoms with Crippen LogP contribution in [-0.4, -0.2) is 61.9 Å². The second-order valence-electron chi connectivity index (χ2n) is 7.63. The molecule has 7 heteroatoms. The average molecular weight is 396 g/mol. The van der Waals surface area contributed by atoms with Crippen molar-refractivity contribution in [1.29, 1.82) is 0 Å². The molecule has 29 heavy (non-hydrogen) atoms. The van der Waals surface area contributed by atoms with Crippen LogP contribution in [0.15, 0.2) is 36.4 Å². The van der Waals surface area contributed by atoms with Crippen molar-refractivity contribution in [2.45, 2.75) is 19.0 Å². The van der Waals surface area contributed by atoms with Gasteiger partial charge in [0.25, 0.3) is 0 Å². The summed E-state index contributed by atoms with van der Waals surface area (Å²) >= 11 is 0. The minimum atomic E-state index is 0.267. The lowest BCUT2D eigenvalue weighted by atomic mass is 10.0. The molecule has 5 rings (SSSR count). The van der Waals surface area contributed by atoms with Crippen LogP contribution in [0.5, 0.6) is 23.0 Å². The molecular weight excluding hydrogens is 372 g/mol. The van der Waals surface area contributed by atoms with E-state index in [1.54, 1.807) is 0 Å². The number of benzene rings is 2. The van der Waals surface area contributed by atoms with E-state index in [9.17, 15) is 4.79 Å². The summed E-state index contributed by atoms with van der Waals surface area (Å²) in [6.45, 7) is 4.59. The third kappa shape index (κ3) is 3.88. The van der Waals surface area contributed by atoms with Crippen LogP contribution >= 0.6 is 0 Å². The van der Waals surface area contributed by atoms with E-state index in [1.807, 2.05) is 12.1 Å². The highest BCUT2D eigenvalue weighted by atomic mass is 16.7. The SMILES string of the molecule is O=CCN1CCN(Cc2ccc3c(c2)OCO3)CC1Cc1ccc2c(c1)OCO2. The number of ether oxygens (including phenoxy) is 4. The average Bonchev–Trinajstić information content (AvgIpc) is 3.38. The van der Waals surface area contributed by atoms with E-state index in [0.717, 1.165) is 61.9 Å². The number of hydrogen-bond donors (Lipinski definition) is 0. The molecule has 7 nitrogen and oxygen atoms in total. The van der Waals surface area contributed by atoms with Crippen molar-refractivity contribution < 1.29 is 23.7 Å². The largest absolute Gasteiger partial charge is 0.454 e. The number of carbonyl (C=O) groups excluding carboxylic acids is 1. The molecule has 0 aliphatic carbocycles. The van der Waals surface area contributed by atoms with E-state index in [0.29, 0.717) is 13.3 Å². The fraction of sp³-hybridized carbons (Fsp3) is 0.409. The number of rotatable bonds is 6. The molecule has 1 fully saturated rings. The van der Waals surface area contributed by atoms with Crippen LogP contribution in [0, 0.1) is 0 Å². The Balaban J connectivity index is 1.28. The van der Waals surface area contributed by atoms with Gasteiger partial charge in [0, 0.05) is 32.2 Å². The number of piperazine rings is 1. The van der Waals surface area contributed by atoms with Gasteiger partial charge in [-0.05, 0) is 41.8 Å². The van der Waals surface area contributed by atoms with Crippen molar-refractivity contribution in [3.8, 4) is 23.0 Å². The lowest BCUT2D eigenvalue weighted by Gasteiger charge is -2.41. The van der Waals surface area contributed by atoms with Gasteiger partial charge >= 0.3 is 0 Å². The highest BCUT2D eigenvalue weighted by molar-refractivity contribution is 5.52. The maximum atomic E-state index is 11.2. The molecule has 1 saturated heterocycles. The van der Waals surface area contributed by atoms with Crippen LogP contribution in [0.1, 0.15) is 11.1 Å². The van der Waals surface area contributed by atoms with Gasteiger partial charge in [0.15, 0.2) is 23.0 Å². The van der Waals surface area contributed by atoms with E-state index in [1.165, 1.54) is 11.1 Å². The highest BCUT2D eigenvalue weighted by Crippen LogP contribution is 2.34. The topological polar surface area (TPSA) is 60.5 Å². The van der Waals surface area contributed by atoms with Crippen molar-refractivity contribution in [3.05, 3.63) is 47.5 Å². The second-order valence-corrected chi connectivity index (χ2v) is 7.63. The summed E-state index contributed by atoms with van der Waals surface area (Å²) in [5, 5.41) is 0. The van der Waals surface area contributed by atoms with E-state index < -0.39 is 0 Å². The molecule has 0 radical (unpaired) electrons. The summed E-state index contributed by atoms with van der Waals surface area (Å²) in [5.74, 6) is 3.23. The molecule has 2 aromatic carbocycles. The van der Waals surface area contributed by atoms with Gasteiger partial charge in [0.2, 0.25) is 13.6 Å². The quantitative estimate of drug-likeness (QED) is 0.693. The molecule has 3 aliphatic heterocycles. The van der Waals surface area contributed by atoms with Gasteiger partial charge in [-0.1, -0.05) is 12.1 Å². The maximum Gasteiger partial charge on any atom is 0.231 e. The van der Waals surface area contributed by atoms with Gasteiger partial charge in [0.05, 0.1) is 6.54 Å². The smallest absolute Gasteiger partial charge is 0.231 e. The first-order valence-corrected chi connectivity index (χ1v) is 9.95. The van der Waals surface area contributed by atoms with E-state index in [2.05, 4.69) is 34.1 Å². The first-order chi connectivity index (χ1) is 14.3. The number of carbonyl (C=O) groups is 1. The molecule has 3 aliphatic rings. The molecular formula is C22H24N2O5. The van der Waals surface area contributed by atoms with Gasteiger partial charge in [-0.3, -0.25) is 9.80 Å². The first-order valence-electron chi connectivity index (χ1n) is 9.95. The normalized spacial score (nSPS) is 20.8. The highest BCUT2D eigenvalue weighted by Gasteiger charge is 2.28. The fourth-order valence-corrected chi connectivity index (χ4v) is 4.27. The van der Waals surface area contributed by atoms with Crippen molar-refractivity contribution in [2.75, 3.05) is 39.8 Å². The Morgan fingerprint density at radius 3 is 2.24 bits per heavy atom. The number of nitrogens with zero attached hydrogens (tertiary/aromatic N) is 2. The predicted octanol–water partition coefficient (Wildman–Crippen LogP) is 2.07. The number of fused-ring (bicyclic) bond motifs is 2.